The average Bonchev–Trinajstić information content (AvgIpc) is 3.11. The lowest BCUT2D eigenvalue weighted by Crippen LogP contribution is -2.59. The van der Waals surface area contributed by atoms with Gasteiger partial charge in [0.2, 0.25) is 0 Å². The predicted molar refractivity (Wildman–Crippen MR) is 108 cm³/mol. The van der Waals surface area contributed by atoms with Crippen molar-refractivity contribution in [3.05, 3.63) is 51.9 Å². The highest BCUT2D eigenvalue weighted by Gasteiger charge is 2.51. The largest absolute Gasteiger partial charge is 0.484 e. The molecule has 28 heavy (non-hydrogen) atoms. The summed E-state index contributed by atoms with van der Waals surface area (Å²) in [6.07, 6.45) is 7.41. The van der Waals surface area contributed by atoms with E-state index in [1.165, 1.54) is 19.3 Å². The molecule has 1 heterocycles. The zero-order valence-electron chi connectivity index (χ0n) is 15.5. The Bertz CT molecular complexity index is 872. The van der Waals surface area contributed by atoms with Crippen LogP contribution in [0, 0.1) is 17.8 Å². The van der Waals surface area contributed by atoms with Crippen LogP contribution in [-0.2, 0) is 6.61 Å². The third-order valence-electron chi connectivity index (χ3n) is 6.59. The first-order valence-corrected chi connectivity index (χ1v) is 10.7. The highest BCUT2D eigenvalue weighted by atomic mass is 35.5. The molecule has 4 bridgehead atoms. The van der Waals surface area contributed by atoms with Gasteiger partial charge in [-0.05, 0) is 80.5 Å². The maximum absolute atomic E-state index is 12.8. The number of furan rings is 1. The van der Waals surface area contributed by atoms with E-state index in [1.807, 2.05) is 0 Å². The van der Waals surface area contributed by atoms with Crippen LogP contribution in [0.2, 0.25) is 10.0 Å². The molecule has 4 aliphatic rings. The van der Waals surface area contributed by atoms with Gasteiger partial charge in [-0.15, -0.1) is 0 Å². The molecule has 4 saturated carbocycles. The van der Waals surface area contributed by atoms with Crippen LogP contribution < -0.4 is 10.1 Å². The van der Waals surface area contributed by atoms with Gasteiger partial charge in [-0.25, -0.2) is 0 Å². The number of amides is 1. The molecule has 0 unspecified atom stereocenters. The van der Waals surface area contributed by atoms with Crippen molar-refractivity contribution in [2.45, 2.75) is 50.7 Å². The van der Waals surface area contributed by atoms with Crippen molar-refractivity contribution >= 4 is 29.1 Å². The first-order chi connectivity index (χ1) is 13.5. The number of nitrogens with one attached hydrogen (secondary N) is 1. The van der Waals surface area contributed by atoms with E-state index in [0.717, 1.165) is 37.0 Å². The van der Waals surface area contributed by atoms with Gasteiger partial charge in [0.05, 0.1) is 5.02 Å². The Labute approximate surface area is 174 Å². The topological polar surface area (TPSA) is 51.5 Å². The second kappa shape index (κ2) is 7.00. The summed E-state index contributed by atoms with van der Waals surface area (Å²) in [4.78, 5) is 12.8. The quantitative estimate of drug-likeness (QED) is 0.659. The molecule has 1 aromatic heterocycles. The SMILES string of the molecule is O=C(NC12CC3CC(CC(C3)C1)C2)c1ccc(COc2cccc(Cl)c2Cl)o1. The van der Waals surface area contributed by atoms with Crippen LogP contribution in [0.15, 0.2) is 34.7 Å². The van der Waals surface area contributed by atoms with E-state index in [2.05, 4.69) is 5.32 Å². The Kier molecular flexibility index (Phi) is 4.59. The van der Waals surface area contributed by atoms with E-state index in [0.29, 0.717) is 27.3 Å². The number of carbonyl (C=O) groups is 1. The summed E-state index contributed by atoms with van der Waals surface area (Å²) in [5.74, 6) is 3.65. The van der Waals surface area contributed by atoms with Crippen LogP contribution in [0.3, 0.4) is 0 Å². The van der Waals surface area contributed by atoms with Crippen molar-refractivity contribution in [1.29, 1.82) is 0 Å². The Morgan fingerprint density at radius 3 is 2.43 bits per heavy atom. The van der Waals surface area contributed by atoms with Crippen molar-refractivity contribution in [3.8, 4) is 5.75 Å². The number of ether oxygens (including phenoxy) is 1. The third kappa shape index (κ3) is 3.42. The zero-order valence-corrected chi connectivity index (χ0v) is 17.1. The molecule has 4 fully saturated rings. The van der Waals surface area contributed by atoms with E-state index in [4.69, 9.17) is 32.4 Å². The van der Waals surface area contributed by atoms with E-state index in [-0.39, 0.29) is 18.1 Å². The first kappa shape index (κ1) is 18.4. The molecule has 0 radical (unpaired) electrons. The molecular formula is C22H23Cl2NO3. The van der Waals surface area contributed by atoms with Crippen LogP contribution >= 0.6 is 23.2 Å². The lowest BCUT2D eigenvalue weighted by molar-refractivity contribution is -0.0171. The number of carbonyl (C=O) groups excluding carboxylic acids is 1. The summed E-state index contributed by atoms with van der Waals surface area (Å²) in [6, 6.07) is 8.71. The van der Waals surface area contributed by atoms with Crippen LogP contribution in [-0.4, -0.2) is 11.4 Å². The van der Waals surface area contributed by atoms with Gasteiger partial charge in [0, 0.05) is 5.54 Å². The molecule has 0 atom stereocenters. The average molecular weight is 420 g/mol. The van der Waals surface area contributed by atoms with E-state index >= 15 is 0 Å². The van der Waals surface area contributed by atoms with Gasteiger partial charge in [-0.2, -0.15) is 0 Å². The van der Waals surface area contributed by atoms with E-state index in [9.17, 15) is 4.79 Å². The summed E-state index contributed by atoms with van der Waals surface area (Å²) >= 11 is 12.1. The fraction of sp³-hybridized carbons (Fsp3) is 0.500. The molecule has 2 aromatic rings. The van der Waals surface area contributed by atoms with Crippen LogP contribution in [0.1, 0.15) is 54.8 Å². The molecule has 6 heteroatoms. The number of halogens is 2. The minimum absolute atomic E-state index is 0.0242. The molecule has 1 aromatic carbocycles. The predicted octanol–water partition coefficient (Wildman–Crippen LogP) is 5.86. The molecule has 4 aliphatic carbocycles. The maximum atomic E-state index is 12.8. The second-order valence-corrected chi connectivity index (χ2v) is 9.54. The molecular weight excluding hydrogens is 397 g/mol. The Balaban J connectivity index is 1.24. The Morgan fingerprint density at radius 1 is 1.07 bits per heavy atom. The number of hydrogen-bond acceptors (Lipinski definition) is 3. The minimum atomic E-state index is -0.117. The molecule has 0 aliphatic heterocycles. The summed E-state index contributed by atoms with van der Waals surface area (Å²) in [6.45, 7) is 0.185. The number of rotatable bonds is 5. The second-order valence-electron chi connectivity index (χ2n) is 8.76. The Hall–Kier alpha value is -1.65. The van der Waals surface area contributed by atoms with Gasteiger partial charge in [0.15, 0.2) is 5.76 Å². The van der Waals surface area contributed by atoms with Gasteiger partial charge in [0.1, 0.15) is 23.1 Å². The van der Waals surface area contributed by atoms with Gasteiger partial charge < -0.3 is 14.5 Å². The van der Waals surface area contributed by atoms with Crippen LogP contribution in [0.25, 0.3) is 0 Å². The van der Waals surface area contributed by atoms with Gasteiger partial charge in [0.25, 0.3) is 5.91 Å². The summed E-state index contributed by atoms with van der Waals surface area (Å²) in [5.41, 5.74) is -0.0242. The van der Waals surface area contributed by atoms with Crippen molar-refractivity contribution in [1.82, 2.24) is 5.32 Å². The molecule has 1 N–H and O–H groups in total. The molecule has 0 saturated heterocycles. The fourth-order valence-electron chi connectivity index (χ4n) is 5.89. The minimum Gasteiger partial charge on any atom is -0.484 e. The molecule has 1 amide bonds. The van der Waals surface area contributed by atoms with Crippen molar-refractivity contribution in [2.75, 3.05) is 0 Å². The summed E-state index contributed by atoms with van der Waals surface area (Å²) in [7, 11) is 0. The molecule has 148 valence electrons. The van der Waals surface area contributed by atoms with E-state index < -0.39 is 0 Å². The highest BCUT2D eigenvalue weighted by Crippen LogP contribution is 2.55. The monoisotopic (exact) mass is 419 g/mol. The number of benzene rings is 1. The third-order valence-corrected chi connectivity index (χ3v) is 7.39. The molecule has 0 spiro atoms. The molecule has 4 nitrogen and oxygen atoms in total. The number of hydrogen-bond donors (Lipinski definition) is 1. The standard InChI is InChI=1S/C22H23Cl2NO3/c23-17-2-1-3-18(20(17)24)27-12-16-4-5-19(28-16)21(26)25-22-9-13-6-14(10-22)8-15(7-13)11-22/h1-5,13-15H,6-12H2,(H,25,26). The van der Waals surface area contributed by atoms with E-state index in [1.54, 1.807) is 30.3 Å². The Morgan fingerprint density at radius 2 is 1.75 bits per heavy atom. The van der Waals surface area contributed by atoms with Crippen molar-refractivity contribution in [3.63, 3.8) is 0 Å². The zero-order chi connectivity index (χ0) is 19.3. The smallest absolute Gasteiger partial charge is 0.287 e. The maximum Gasteiger partial charge on any atom is 0.287 e. The van der Waals surface area contributed by atoms with Crippen LogP contribution in [0.4, 0.5) is 0 Å². The van der Waals surface area contributed by atoms with Gasteiger partial charge in [-0.3, -0.25) is 4.79 Å². The normalized spacial score (nSPS) is 30.4. The summed E-state index contributed by atoms with van der Waals surface area (Å²) in [5, 5.41) is 4.14. The first-order valence-electron chi connectivity index (χ1n) is 9.98. The lowest BCUT2D eigenvalue weighted by Gasteiger charge is -2.56. The van der Waals surface area contributed by atoms with Crippen LogP contribution in [0.5, 0.6) is 5.75 Å². The van der Waals surface area contributed by atoms with Gasteiger partial charge >= 0.3 is 0 Å². The fourth-order valence-corrected chi connectivity index (χ4v) is 6.23. The van der Waals surface area contributed by atoms with Crippen molar-refractivity contribution < 1.29 is 13.9 Å². The van der Waals surface area contributed by atoms with Gasteiger partial charge in [-0.1, -0.05) is 29.3 Å². The van der Waals surface area contributed by atoms with Crippen molar-refractivity contribution in [2.24, 2.45) is 17.8 Å². The highest BCUT2D eigenvalue weighted by molar-refractivity contribution is 6.42. The lowest BCUT2D eigenvalue weighted by atomic mass is 9.53. The summed E-state index contributed by atoms with van der Waals surface area (Å²) < 4.78 is 11.4. The molecule has 6 rings (SSSR count).